The number of hydrogen-bond acceptors (Lipinski definition) is 0. The van der Waals surface area contributed by atoms with E-state index in [-0.39, 0.29) is 0 Å². The van der Waals surface area contributed by atoms with Crippen molar-refractivity contribution >= 4 is 29.3 Å². The van der Waals surface area contributed by atoms with Gasteiger partial charge in [0.1, 0.15) is 0 Å². The molecule has 0 unspecified atom stereocenters. The zero-order valence-electron chi connectivity index (χ0n) is 27.5. The first-order valence-electron chi connectivity index (χ1n) is 16.5. The molecule has 5 aromatic rings. The van der Waals surface area contributed by atoms with Crippen molar-refractivity contribution in [2.24, 2.45) is 0 Å². The van der Waals surface area contributed by atoms with Crippen molar-refractivity contribution in [3.8, 4) is 27.3 Å². The van der Waals surface area contributed by atoms with E-state index < -0.39 is 7.26 Å². The second-order valence-corrected chi connectivity index (χ2v) is 15.8. The number of hydrogen-bond donors (Lipinski definition) is 0. The van der Waals surface area contributed by atoms with Gasteiger partial charge >= 0.3 is 274 Å². The van der Waals surface area contributed by atoms with Crippen molar-refractivity contribution in [3.05, 3.63) is 191 Å². The van der Waals surface area contributed by atoms with Gasteiger partial charge in [0, 0.05) is 0 Å². The van der Waals surface area contributed by atoms with Crippen LogP contribution in [0.4, 0.5) is 0 Å². The van der Waals surface area contributed by atoms with E-state index in [2.05, 4.69) is 187 Å². The van der Waals surface area contributed by atoms with Gasteiger partial charge in [-0.2, -0.15) is 0 Å². The monoisotopic (exact) mass is 814 g/mol. The third kappa shape index (κ3) is 7.15. The van der Waals surface area contributed by atoms with E-state index in [1.165, 1.54) is 55.5 Å². The maximum absolute atomic E-state index is 3.81. The van der Waals surface area contributed by atoms with Crippen LogP contribution in [0.3, 0.4) is 0 Å². The third-order valence-electron chi connectivity index (χ3n) is 8.91. The molecule has 1 aliphatic carbocycles. The van der Waals surface area contributed by atoms with Crippen molar-refractivity contribution in [3.63, 3.8) is 0 Å². The summed E-state index contributed by atoms with van der Waals surface area (Å²) in [6.07, 6.45) is 12.2. The fraction of sp³-hybridized carbons (Fsp3) is 0.109. The molecule has 1 saturated carbocycles. The third-order valence-corrected chi connectivity index (χ3v) is 14.3. The van der Waals surface area contributed by atoms with Crippen LogP contribution < -0.4 is 15.9 Å². The van der Waals surface area contributed by atoms with E-state index in [9.17, 15) is 0 Å². The SMILES string of the molecule is CC=C1CCCC1=CC(C#Cc1ccc(-c2ccc(/C=C/C)cc2)cc1)=C([C]#[Os])[P+](c1ccccc1)(c1ccccc1)c1ccccc1. The molecule has 0 nitrogen and oxygen atoms in total. The van der Waals surface area contributed by atoms with E-state index in [1.54, 1.807) is 0 Å². The molecule has 0 bridgehead atoms. The van der Waals surface area contributed by atoms with Gasteiger partial charge in [-0.3, -0.25) is 0 Å². The molecular formula is C46H39OsP+. The van der Waals surface area contributed by atoms with Crippen LogP contribution in [0.5, 0.6) is 0 Å². The van der Waals surface area contributed by atoms with Gasteiger partial charge in [0.2, 0.25) is 0 Å². The number of rotatable bonds is 7. The topological polar surface area (TPSA) is 0 Å². The van der Waals surface area contributed by atoms with Gasteiger partial charge in [0.25, 0.3) is 0 Å². The van der Waals surface area contributed by atoms with Crippen LogP contribution in [0.15, 0.2) is 180 Å². The van der Waals surface area contributed by atoms with E-state index >= 15 is 0 Å². The normalized spacial score (nSPS) is 15.2. The van der Waals surface area contributed by atoms with Gasteiger partial charge in [0.15, 0.2) is 0 Å². The molecule has 1 fully saturated rings. The van der Waals surface area contributed by atoms with Gasteiger partial charge in [-0.1, -0.05) is 12.2 Å². The van der Waals surface area contributed by atoms with E-state index in [0.717, 1.165) is 24.0 Å². The van der Waals surface area contributed by atoms with Gasteiger partial charge in [-0.25, -0.2) is 0 Å². The molecule has 1 aliphatic rings. The Morgan fingerprint density at radius 3 is 1.60 bits per heavy atom. The molecule has 48 heavy (non-hydrogen) atoms. The average Bonchev–Trinajstić information content (AvgIpc) is 3.61. The Balaban J connectivity index is 1.57. The molecule has 5 aromatic carbocycles. The molecule has 6 rings (SSSR count). The maximum atomic E-state index is 3.81. The summed E-state index contributed by atoms with van der Waals surface area (Å²) in [5.41, 5.74) is 8.47. The average molecular weight is 813 g/mol. The molecule has 0 aromatic heterocycles. The van der Waals surface area contributed by atoms with Crippen molar-refractivity contribution in [1.82, 2.24) is 0 Å². The van der Waals surface area contributed by atoms with Crippen LogP contribution >= 0.6 is 7.26 Å². The van der Waals surface area contributed by atoms with Crippen molar-refractivity contribution in [1.29, 1.82) is 0 Å². The Labute approximate surface area is 297 Å². The quantitative estimate of drug-likeness (QED) is 0.113. The molecule has 0 atom stereocenters. The zero-order chi connectivity index (χ0) is 33.2. The summed E-state index contributed by atoms with van der Waals surface area (Å²) < 4.78 is 3.81. The Bertz CT molecular complexity index is 1980. The van der Waals surface area contributed by atoms with Crippen molar-refractivity contribution in [2.75, 3.05) is 0 Å². The van der Waals surface area contributed by atoms with Gasteiger partial charge in [-0.15, -0.1) is 0 Å². The summed E-state index contributed by atoms with van der Waals surface area (Å²) in [5, 5.41) is 5.09. The second-order valence-electron chi connectivity index (χ2n) is 11.8. The molecule has 0 radical (unpaired) electrons. The van der Waals surface area contributed by atoms with Gasteiger partial charge < -0.3 is 0 Å². The molecule has 2 heteroatoms. The summed E-state index contributed by atoms with van der Waals surface area (Å²) in [6.45, 7) is 4.21. The molecule has 0 aliphatic heterocycles. The van der Waals surface area contributed by atoms with Crippen molar-refractivity contribution in [2.45, 2.75) is 33.1 Å². The Hall–Kier alpha value is -4.53. The summed E-state index contributed by atoms with van der Waals surface area (Å²) >= 11 is 1.81. The fourth-order valence-electron chi connectivity index (χ4n) is 6.56. The Morgan fingerprint density at radius 2 is 1.12 bits per heavy atom. The zero-order valence-corrected chi connectivity index (χ0v) is 30.9. The molecule has 0 amide bonds. The predicted molar refractivity (Wildman–Crippen MR) is 205 cm³/mol. The summed E-state index contributed by atoms with van der Waals surface area (Å²) in [5.74, 6) is 7.34. The first-order chi connectivity index (χ1) is 23.7. The van der Waals surface area contributed by atoms with Crippen LogP contribution in [-0.2, 0) is 17.9 Å². The predicted octanol–water partition coefficient (Wildman–Crippen LogP) is 10.5. The van der Waals surface area contributed by atoms with E-state index in [4.69, 9.17) is 0 Å². The molecular weight excluding hydrogens is 774 g/mol. The second kappa shape index (κ2) is 16.0. The Morgan fingerprint density at radius 1 is 0.625 bits per heavy atom. The molecule has 0 heterocycles. The van der Waals surface area contributed by atoms with Crippen LogP contribution in [0.1, 0.15) is 44.2 Å². The summed E-state index contributed by atoms with van der Waals surface area (Å²) in [6, 6.07) is 50.5. The summed E-state index contributed by atoms with van der Waals surface area (Å²) in [4.78, 5) is 0. The van der Waals surface area contributed by atoms with Crippen LogP contribution in [0.25, 0.3) is 17.2 Å². The van der Waals surface area contributed by atoms with Gasteiger partial charge in [-0.05, 0) is 12.5 Å². The van der Waals surface area contributed by atoms with E-state index in [1.807, 2.05) is 24.9 Å². The van der Waals surface area contributed by atoms with Crippen LogP contribution in [0.2, 0.25) is 0 Å². The molecule has 0 spiro atoms. The molecule has 0 saturated heterocycles. The fourth-order valence-corrected chi connectivity index (χ4v) is 12.3. The van der Waals surface area contributed by atoms with E-state index in [0.29, 0.717) is 0 Å². The first kappa shape index (κ1) is 33.4. The minimum atomic E-state index is -2.38. The van der Waals surface area contributed by atoms with Crippen LogP contribution in [-0.4, -0.2) is 0 Å². The van der Waals surface area contributed by atoms with Gasteiger partial charge in [0.05, 0.1) is 0 Å². The van der Waals surface area contributed by atoms with Crippen molar-refractivity contribution < 1.29 is 17.9 Å². The Kier molecular flexibility index (Phi) is 11.2. The molecule has 235 valence electrons. The summed E-state index contributed by atoms with van der Waals surface area (Å²) in [7, 11) is -2.38. The standard InChI is InChI=1S/C46H39P.Os/c1-4-16-37-25-30-40(31-26-37)41-32-27-38(28-33-41)29-34-42(35-43-18-15-17-39(43)5-2)36(3)47(44-19-9-6-10-20-44,45-21-11-7-12-22-45)46-23-13-8-14-24-46;/h4-14,16,19-28,30-33,35H,15,17-18H2,1-2H3;/q+1;/b16-4+,39-5?,42-36?,43-35?;. The van der Waals surface area contributed by atoms with Crippen LogP contribution in [0, 0.1) is 16.2 Å². The number of benzene rings is 5. The minimum absolute atomic E-state index is 0.999. The number of allylic oxidation sites excluding steroid dienone is 7. The first-order valence-corrected chi connectivity index (χ1v) is 19.6. The molecule has 0 N–H and O–H groups in total.